The maximum absolute atomic E-state index is 4.40. The van der Waals surface area contributed by atoms with Gasteiger partial charge in [0.25, 0.3) is 0 Å². The highest BCUT2D eigenvalue weighted by atomic mass is 15.3. The molecule has 0 saturated carbocycles. The number of piperidine rings is 1. The maximum Gasteiger partial charge on any atom is 0.0489 e. The number of aromatic amines is 1. The molecular formula is C19H22N4. The third-order valence-corrected chi connectivity index (χ3v) is 5.82. The molecule has 1 N–H and O–H groups in total. The molecule has 3 atom stereocenters. The highest BCUT2D eigenvalue weighted by Crippen LogP contribution is 2.44. The molecule has 1 fully saturated rings. The van der Waals surface area contributed by atoms with Gasteiger partial charge < -0.3 is 9.88 Å². The number of rotatable bonds is 2. The summed E-state index contributed by atoms with van der Waals surface area (Å²) in [6.07, 6.45) is 8.61. The average molecular weight is 306 g/mol. The topological polar surface area (TPSA) is 36.9 Å². The molecule has 0 amide bonds. The third kappa shape index (κ3) is 2.05. The van der Waals surface area contributed by atoms with E-state index in [0.717, 1.165) is 13.1 Å². The lowest BCUT2D eigenvalue weighted by molar-refractivity contribution is 0.102. The van der Waals surface area contributed by atoms with Crippen molar-refractivity contribution in [2.45, 2.75) is 31.3 Å². The molecule has 5 rings (SSSR count). The fourth-order valence-electron chi connectivity index (χ4n) is 4.86. The Morgan fingerprint density at radius 2 is 2.26 bits per heavy atom. The van der Waals surface area contributed by atoms with Crippen molar-refractivity contribution in [3.05, 3.63) is 54.0 Å². The van der Waals surface area contributed by atoms with Crippen LogP contribution in [0.15, 0.2) is 42.9 Å². The number of nitrogens with one attached hydrogen (secondary N) is 1. The molecule has 1 saturated heterocycles. The Hall–Kier alpha value is -2.07. The second-order valence-corrected chi connectivity index (χ2v) is 7.23. The van der Waals surface area contributed by atoms with Gasteiger partial charge in [0.2, 0.25) is 0 Å². The fourth-order valence-corrected chi connectivity index (χ4v) is 4.86. The summed E-state index contributed by atoms with van der Waals surface area (Å²) in [6.45, 7) is 2.19. The van der Waals surface area contributed by atoms with Gasteiger partial charge in [-0.05, 0) is 49.1 Å². The van der Waals surface area contributed by atoms with Gasteiger partial charge in [-0.15, -0.1) is 0 Å². The first-order chi connectivity index (χ1) is 11.3. The monoisotopic (exact) mass is 306 g/mol. The minimum absolute atomic E-state index is 0.637. The zero-order chi connectivity index (χ0) is 15.4. The number of likely N-dealkylation sites (tertiary alicyclic amines) is 1. The van der Waals surface area contributed by atoms with Crippen LogP contribution in [0.25, 0.3) is 10.9 Å². The molecule has 3 aromatic rings. The van der Waals surface area contributed by atoms with Gasteiger partial charge in [-0.2, -0.15) is 5.10 Å². The van der Waals surface area contributed by atoms with Crippen molar-refractivity contribution in [2.24, 2.45) is 5.92 Å². The largest absolute Gasteiger partial charge is 0.361 e. The quantitative estimate of drug-likeness (QED) is 0.790. The maximum atomic E-state index is 4.40. The van der Waals surface area contributed by atoms with Gasteiger partial charge in [-0.3, -0.25) is 4.68 Å². The van der Waals surface area contributed by atoms with Gasteiger partial charge in [-0.25, -0.2) is 0 Å². The number of likely N-dealkylation sites (N-methyl/N-ethyl adjacent to an activating group) is 1. The first-order valence-electron chi connectivity index (χ1n) is 8.56. The molecule has 0 spiro atoms. The second-order valence-electron chi connectivity index (χ2n) is 7.23. The lowest BCUT2D eigenvalue weighted by atomic mass is 9.72. The van der Waals surface area contributed by atoms with Crippen LogP contribution in [0.5, 0.6) is 0 Å². The Labute approximate surface area is 136 Å². The zero-order valence-electron chi connectivity index (χ0n) is 13.4. The number of hydrogen-bond acceptors (Lipinski definition) is 2. The molecule has 23 heavy (non-hydrogen) atoms. The molecule has 2 aromatic heterocycles. The highest BCUT2D eigenvalue weighted by molar-refractivity contribution is 5.88. The van der Waals surface area contributed by atoms with E-state index in [9.17, 15) is 0 Å². The van der Waals surface area contributed by atoms with Crippen LogP contribution in [0, 0.1) is 5.92 Å². The van der Waals surface area contributed by atoms with E-state index in [1.165, 1.54) is 29.3 Å². The van der Waals surface area contributed by atoms with Crippen LogP contribution in [-0.4, -0.2) is 39.3 Å². The molecule has 0 bridgehead atoms. The Bertz CT molecular complexity index is 832. The average Bonchev–Trinajstić information content (AvgIpc) is 3.20. The Balaban J connectivity index is 1.52. The van der Waals surface area contributed by atoms with Crippen molar-refractivity contribution in [3.8, 4) is 0 Å². The molecule has 1 aliphatic heterocycles. The van der Waals surface area contributed by atoms with Crippen LogP contribution in [-0.2, 0) is 13.0 Å². The van der Waals surface area contributed by atoms with Gasteiger partial charge in [0.05, 0.1) is 0 Å². The van der Waals surface area contributed by atoms with Crippen LogP contribution in [0.1, 0.15) is 23.5 Å². The van der Waals surface area contributed by atoms with Gasteiger partial charge >= 0.3 is 0 Å². The summed E-state index contributed by atoms with van der Waals surface area (Å²) in [4.78, 5) is 6.04. The summed E-state index contributed by atoms with van der Waals surface area (Å²) in [5.74, 6) is 1.30. The highest BCUT2D eigenvalue weighted by Gasteiger charge is 2.39. The van der Waals surface area contributed by atoms with E-state index in [-0.39, 0.29) is 0 Å². The lowest BCUT2D eigenvalue weighted by Gasteiger charge is -2.45. The predicted octanol–water partition coefficient (Wildman–Crippen LogP) is 3.02. The SMILES string of the molecule is CN1CC(Cn2cccn2)C[C@@H]2c3cccc4[nH]cc(c34)C[C@H]21. The van der Waals surface area contributed by atoms with E-state index in [1.54, 1.807) is 5.56 Å². The van der Waals surface area contributed by atoms with Crippen molar-refractivity contribution in [1.29, 1.82) is 0 Å². The van der Waals surface area contributed by atoms with Crippen molar-refractivity contribution >= 4 is 10.9 Å². The zero-order valence-corrected chi connectivity index (χ0v) is 13.4. The molecule has 0 radical (unpaired) electrons. The number of nitrogens with zero attached hydrogens (tertiary/aromatic N) is 3. The first kappa shape index (κ1) is 13.4. The predicted molar refractivity (Wildman–Crippen MR) is 91.5 cm³/mol. The van der Waals surface area contributed by atoms with E-state index >= 15 is 0 Å². The molecule has 4 nitrogen and oxygen atoms in total. The van der Waals surface area contributed by atoms with Gasteiger partial charge in [0.1, 0.15) is 0 Å². The Morgan fingerprint density at radius 3 is 3.13 bits per heavy atom. The van der Waals surface area contributed by atoms with Crippen molar-refractivity contribution in [3.63, 3.8) is 0 Å². The van der Waals surface area contributed by atoms with Crippen molar-refractivity contribution in [2.75, 3.05) is 13.6 Å². The fraction of sp³-hybridized carbons (Fsp3) is 0.421. The summed E-state index contributed by atoms with van der Waals surface area (Å²) in [6, 6.07) is 9.41. The summed E-state index contributed by atoms with van der Waals surface area (Å²) in [7, 11) is 2.30. The van der Waals surface area contributed by atoms with Gasteiger partial charge in [-0.1, -0.05) is 12.1 Å². The molecule has 1 aliphatic carbocycles. The molecule has 118 valence electrons. The molecule has 1 unspecified atom stereocenters. The van der Waals surface area contributed by atoms with Gasteiger partial charge in [0.15, 0.2) is 0 Å². The van der Waals surface area contributed by atoms with Crippen LogP contribution in [0.2, 0.25) is 0 Å². The molecule has 3 heterocycles. The van der Waals surface area contributed by atoms with E-state index in [1.807, 2.05) is 12.3 Å². The van der Waals surface area contributed by atoms with E-state index in [0.29, 0.717) is 17.9 Å². The molecular weight excluding hydrogens is 284 g/mol. The normalized spacial score (nSPS) is 27.3. The van der Waals surface area contributed by atoms with Crippen LogP contribution >= 0.6 is 0 Å². The van der Waals surface area contributed by atoms with Crippen molar-refractivity contribution < 1.29 is 0 Å². The molecule has 4 heteroatoms. The lowest BCUT2D eigenvalue weighted by Crippen LogP contribution is -2.48. The molecule has 2 aliphatic rings. The number of hydrogen-bond donors (Lipinski definition) is 1. The Morgan fingerprint density at radius 1 is 1.30 bits per heavy atom. The van der Waals surface area contributed by atoms with E-state index < -0.39 is 0 Å². The standard InChI is InChI=1S/C19H22N4/c1-22-11-13(12-23-7-3-6-21-23)8-16-15-4-2-5-17-19(15)14(10-20-17)9-18(16)22/h2-7,10,13,16,18,20H,8-9,11-12H2,1H3/t13?,16-,18-/m1/s1. The third-order valence-electron chi connectivity index (χ3n) is 5.82. The number of benzene rings is 1. The van der Waals surface area contributed by atoms with Crippen LogP contribution < -0.4 is 0 Å². The van der Waals surface area contributed by atoms with Crippen LogP contribution in [0.4, 0.5) is 0 Å². The Kier molecular flexibility index (Phi) is 2.89. The summed E-state index contributed by atoms with van der Waals surface area (Å²) in [5.41, 5.74) is 4.34. The smallest absolute Gasteiger partial charge is 0.0489 e. The minimum atomic E-state index is 0.637. The van der Waals surface area contributed by atoms with Crippen LogP contribution in [0.3, 0.4) is 0 Å². The summed E-state index contributed by atoms with van der Waals surface area (Å²) < 4.78 is 2.09. The second kappa shape index (κ2) is 4.96. The van der Waals surface area contributed by atoms with E-state index in [4.69, 9.17) is 0 Å². The number of aromatic nitrogens is 3. The number of fused-ring (bicyclic) bond motifs is 2. The van der Waals surface area contributed by atoms with Gasteiger partial charge in [0, 0.05) is 54.5 Å². The first-order valence-corrected chi connectivity index (χ1v) is 8.56. The summed E-state index contributed by atoms with van der Waals surface area (Å²) >= 11 is 0. The van der Waals surface area contributed by atoms with Crippen molar-refractivity contribution in [1.82, 2.24) is 19.7 Å². The molecule has 1 aromatic carbocycles. The van der Waals surface area contributed by atoms with E-state index in [2.05, 4.69) is 57.3 Å². The summed E-state index contributed by atoms with van der Waals surface area (Å²) in [5, 5.41) is 5.89. The number of H-pyrrole nitrogens is 1. The minimum Gasteiger partial charge on any atom is -0.361 e.